The van der Waals surface area contributed by atoms with E-state index in [1.54, 1.807) is 6.26 Å². The van der Waals surface area contributed by atoms with Crippen molar-refractivity contribution in [2.45, 2.75) is 31.3 Å². The molecule has 1 aliphatic heterocycles. The highest BCUT2D eigenvalue weighted by atomic mass is 79.9. The number of halogens is 1. The number of nitrogens with one attached hydrogen (secondary N) is 1. The van der Waals surface area contributed by atoms with Crippen molar-refractivity contribution in [1.29, 1.82) is 0 Å². The molecular weight excluding hydrogens is 280 g/mol. The molecule has 1 aromatic rings. The largest absolute Gasteiger partial charge is 0.466 e. The van der Waals surface area contributed by atoms with Crippen LogP contribution in [0, 0.1) is 5.92 Å². The van der Waals surface area contributed by atoms with Gasteiger partial charge >= 0.3 is 0 Å². The van der Waals surface area contributed by atoms with Gasteiger partial charge in [0.05, 0.1) is 16.8 Å². The van der Waals surface area contributed by atoms with Gasteiger partial charge in [0.1, 0.15) is 5.76 Å². The van der Waals surface area contributed by atoms with E-state index in [1.807, 2.05) is 6.07 Å². The summed E-state index contributed by atoms with van der Waals surface area (Å²) in [6, 6.07) is 3.21. The van der Waals surface area contributed by atoms with Gasteiger partial charge in [0, 0.05) is 12.6 Å². The van der Waals surface area contributed by atoms with Crippen LogP contribution in [0.15, 0.2) is 21.2 Å². The molecule has 1 saturated carbocycles. The lowest BCUT2D eigenvalue weighted by molar-refractivity contribution is 0.233. The Bertz CT molecular complexity index is 389. The Morgan fingerprint density at radius 1 is 1.47 bits per heavy atom. The Labute approximate surface area is 111 Å². The summed E-state index contributed by atoms with van der Waals surface area (Å²) >= 11 is 3.58. The minimum absolute atomic E-state index is 0.422. The van der Waals surface area contributed by atoms with E-state index in [1.165, 1.54) is 19.3 Å². The predicted molar refractivity (Wildman–Crippen MR) is 70.9 cm³/mol. The number of hydrogen-bond acceptors (Lipinski definition) is 3. The second kappa shape index (κ2) is 4.75. The predicted octanol–water partition coefficient (Wildman–Crippen LogP) is 2.79. The van der Waals surface area contributed by atoms with Crippen LogP contribution in [0.1, 0.15) is 31.1 Å². The highest BCUT2D eigenvalue weighted by molar-refractivity contribution is 9.10. The molecule has 0 radical (unpaired) electrons. The minimum atomic E-state index is 0.422. The number of hydrogen-bond donors (Lipinski definition) is 1. The molecule has 0 aromatic carbocycles. The average molecular weight is 299 g/mol. The molecule has 1 aliphatic carbocycles. The topological polar surface area (TPSA) is 28.4 Å². The smallest absolute Gasteiger partial charge is 0.135 e. The molecule has 2 fully saturated rings. The molecule has 1 saturated heterocycles. The minimum Gasteiger partial charge on any atom is -0.466 e. The standard InChI is InChI=1S/C13H19BrN2O/c1-16-6-4-9(8-15-10-2-3-10)12(16)13-11(14)5-7-17-13/h5,7,9-10,12,15H,2-4,6,8H2,1H3. The van der Waals surface area contributed by atoms with Crippen LogP contribution in [0.5, 0.6) is 0 Å². The lowest BCUT2D eigenvalue weighted by Crippen LogP contribution is -2.29. The van der Waals surface area contributed by atoms with Gasteiger partial charge in [-0.1, -0.05) is 0 Å². The van der Waals surface area contributed by atoms with E-state index in [0.717, 1.165) is 29.4 Å². The summed E-state index contributed by atoms with van der Waals surface area (Å²) in [4.78, 5) is 2.41. The number of furan rings is 1. The first-order chi connectivity index (χ1) is 8.25. The number of nitrogens with zero attached hydrogens (tertiary/aromatic N) is 1. The van der Waals surface area contributed by atoms with Gasteiger partial charge in [0.2, 0.25) is 0 Å². The highest BCUT2D eigenvalue weighted by Gasteiger charge is 2.36. The van der Waals surface area contributed by atoms with Crippen LogP contribution in [0.2, 0.25) is 0 Å². The fourth-order valence-electron chi connectivity index (χ4n) is 2.78. The van der Waals surface area contributed by atoms with Crippen molar-refractivity contribution < 1.29 is 4.42 Å². The van der Waals surface area contributed by atoms with Crippen molar-refractivity contribution in [3.63, 3.8) is 0 Å². The van der Waals surface area contributed by atoms with Crippen LogP contribution in [0.25, 0.3) is 0 Å². The molecule has 3 nitrogen and oxygen atoms in total. The number of likely N-dealkylation sites (tertiary alicyclic amines) is 1. The van der Waals surface area contributed by atoms with E-state index >= 15 is 0 Å². The van der Waals surface area contributed by atoms with Gasteiger partial charge in [-0.3, -0.25) is 4.90 Å². The van der Waals surface area contributed by atoms with Crippen LogP contribution < -0.4 is 5.32 Å². The molecule has 0 amide bonds. The second-order valence-electron chi connectivity index (χ2n) is 5.29. The second-order valence-corrected chi connectivity index (χ2v) is 6.14. The molecule has 2 unspecified atom stereocenters. The van der Waals surface area contributed by atoms with Crippen LogP contribution >= 0.6 is 15.9 Å². The first kappa shape index (κ1) is 11.8. The van der Waals surface area contributed by atoms with E-state index in [2.05, 4.69) is 33.2 Å². The lowest BCUT2D eigenvalue weighted by atomic mass is 9.98. The zero-order chi connectivity index (χ0) is 11.8. The molecule has 17 heavy (non-hydrogen) atoms. The Morgan fingerprint density at radius 2 is 2.29 bits per heavy atom. The molecule has 2 atom stereocenters. The summed E-state index contributed by atoms with van der Waals surface area (Å²) < 4.78 is 6.76. The third-order valence-corrected chi connectivity index (χ3v) is 4.59. The monoisotopic (exact) mass is 298 g/mol. The van der Waals surface area contributed by atoms with E-state index in [9.17, 15) is 0 Å². The molecule has 3 rings (SSSR count). The van der Waals surface area contributed by atoms with Crippen molar-refractivity contribution in [3.8, 4) is 0 Å². The van der Waals surface area contributed by atoms with E-state index in [-0.39, 0.29) is 0 Å². The zero-order valence-corrected chi connectivity index (χ0v) is 11.7. The third-order valence-electron chi connectivity index (χ3n) is 3.93. The summed E-state index contributed by atoms with van der Waals surface area (Å²) in [5.41, 5.74) is 0. The molecule has 4 heteroatoms. The van der Waals surface area contributed by atoms with Crippen LogP contribution in [-0.4, -0.2) is 31.1 Å². The van der Waals surface area contributed by atoms with Crippen LogP contribution in [-0.2, 0) is 0 Å². The van der Waals surface area contributed by atoms with Crippen molar-refractivity contribution >= 4 is 15.9 Å². The van der Waals surface area contributed by atoms with E-state index in [0.29, 0.717) is 12.0 Å². The summed E-state index contributed by atoms with van der Waals surface area (Å²) in [5.74, 6) is 1.76. The summed E-state index contributed by atoms with van der Waals surface area (Å²) in [6.45, 7) is 2.28. The van der Waals surface area contributed by atoms with Crippen LogP contribution in [0.3, 0.4) is 0 Å². The van der Waals surface area contributed by atoms with Crippen LogP contribution in [0.4, 0.5) is 0 Å². The number of rotatable bonds is 4. The molecule has 1 N–H and O–H groups in total. The quantitative estimate of drug-likeness (QED) is 0.926. The van der Waals surface area contributed by atoms with Crippen molar-refractivity contribution in [1.82, 2.24) is 10.2 Å². The Morgan fingerprint density at radius 3 is 2.94 bits per heavy atom. The molecule has 0 bridgehead atoms. The van der Waals surface area contributed by atoms with E-state index in [4.69, 9.17) is 4.42 Å². The molecule has 2 heterocycles. The fourth-order valence-corrected chi connectivity index (χ4v) is 3.21. The first-order valence-electron chi connectivity index (χ1n) is 6.42. The van der Waals surface area contributed by atoms with Gasteiger partial charge in [-0.15, -0.1) is 0 Å². The van der Waals surface area contributed by atoms with Gasteiger partial charge < -0.3 is 9.73 Å². The Kier molecular flexibility index (Phi) is 3.28. The summed E-state index contributed by atoms with van der Waals surface area (Å²) in [5, 5.41) is 3.65. The Hall–Kier alpha value is -0.320. The van der Waals surface area contributed by atoms with Gasteiger partial charge in [0.15, 0.2) is 0 Å². The SMILES string of the molecule is CN1CCC(CNC2CC2)C1c1occc1Br. The Balaban J connectivity index is 1.71. The summed E-state index contributed by atoms with van der Waals surface area (Å²) in [6.07, 6.45) is 5.75. The van der Waals surface area contributed by atoms with Crippen molar-refractivity contribution in [2.24, 2.45) is 5.92 Å². The fraction of sp³-hybridized carbons (Fsp3) is 0.692. The maximum atomic E-state index is 5.65. The van der Waals surface area contributed by atoms with Crippen molar-refractivity contribution in [3.05, 3.63) is 22.6 Å². The van der Waals surface area contributed by atoms with E-state index < -0.39 is 0 Å². The summed E-state index contributed by atoms with van der Waals surface area (Å²) in [7, 11) is 2.19. The van der Waals surface area contributed by atoms with Gasteiger partial charge in [0.25, 0.3) is 0 Å². The van der Waals surface area contributed by atoms with Gasteiger partial charge in [-0.25, -0.2) is 0 Å². The lowest BCUT2D eigenvalue weighted by Gasteiger charge is -2.23. The normalized spacial score (nSPS) is 30.0. The maximum absolute atomic E-state index is 5.65. The van der Waals surface area contributed by atoms with Crippen molar-refractivity contribution in [2.75, 3.05) is 20.1 Å². The maximum Gasteiger partial charge on any atom is 0.135 e. The molecule has 94 valence electrons. The first-order valence-corrected chi connectivity index (χ1v) is 7.21. The highest BCUT2D eigenvalue weighted by Crippen LogP contribution is 2.39. The van der Waals surface area contributed by atoms with Gasteiger partial charge in [-0.05, 0) is 60.8 Å². The average Bonchev–Trinajstić information content (AvgIpc) is 2.95. The third kappa shape index (κ3) is 2.44. The van der Waals surface area contributed by atoms with Gasteiger partial charge in [-0.2, -0.15) is 0 Å². The molecular formula is C13H19BrN2O. The molecule has 2 aliphatic rings. The molecule has 0 spiro atoms. The zero-order valence-electron chi connectivity index (χ0n) is 10.2. The molecule has 1 aromatic heterocycles.